The molecule has 2 aliphatic rings. The van der Waals surface area contributed by atoms with E-state index in [2.05, 4.69) is 32.6 Å². The summed E-state index contributed by atoms with van der Waals surface area (Å²) in [5, 5.41) is 0. The lowest BCUT2D eigenvalue weighted by atomic mass is 10.0. The minimum Gasteiger partial charge on any atom is -0.481 e. The molecule has 0 bridgehead atoms. The van der Waals surface area contributed by atoms with Crippen molar-refractivity contribution < 1.29 is 4.74 Å². The van der Waals surface area contributed by atoms with Crippen LogP contribution in [0.4, 0.5) is 0 Å². The normalized spacial score (nSPS) is 17.9. The number of hydrogen-bond donors (Lipinski definition) is 0. The van der Waals surface area contributed by atoms with Crippen molar-refractivity contribution in [3.8, 4) is 5.88 Å². The van der Waals surface area contributed by atoms with Gasteiger partial charge in [0.25, 0.3) is 0 Å². The molecule has 3 heterocycles. The molecular formula is C13H13N3OS. The third kappa shape index (κ3) is 2.01. The Morgan fingerprint density at radius 3 is 3.11 bits per heavy atom. The van der Waals surface area contributed by atoms with Crippen molar-refractivity contribution in [1.82, 2.24) is 9.88 Å². The zero-order valence-corrected chi connectivity index (χ0v) is 10.9. The molecule has 4 nitrogen and oxygen atoms in total. The van der Waals surface area contributed by atoms with E-state index in [-0.39, 0.29) is 0 Å². The minimum absolute atomic E-state index is 0.627. The number of allylic oxidation sites excluding steroid dienone is 2. The predicted molar refractivity (Wildman–Crippen MR) is 74.5 cm³/mol. The number of nitrogens with zero attached hydrogens (tertiary/aromatic N) is 3. The average molecular weight is 259 g/mol. The molecule has 0 fully saturated rings. The Balaban J connectivity index is 1.96. The third-order valence-electron chi connectivity index (χ3n) is 2.87. The third-order valence-corrected chi connectivity index (χ3v) is 3.54. The van der Waals surface area contributed by atoms with Crippen LogP contribution in [0.2, 0.25) is 0 Å². The zero-order valence-electron chi connectivity index (χ0n) is 10.0. The van der Waals surface area contributed by atoms with Gasteiger partial charge in [0.15, 0.2) is 0 Å². The van der Waals surface area contributed by atoms with Gasteiger partial charge in [-0.3, -0.25) is 0 Å². The van der Waals surface area contributed by atoms with E-state index in [1.54, 1.807) is 19.1 Å². The molecule has 0 amide bonds. The van der Waals surface area contributed by atoms with Crippen LogP contribution in [0, 0.1) is 0 Å². The van der Waals surface area contributed by atoms with Crippen molar-refractivity contribution in [3.63, 3.8) is 0 Å². The molecule has 2 aliphatic heterocycles. The van der Waals surface area contributed by atoms with E-state index in [1.165, 1.54) is 0 Å². The summed E-state index contributed by atoms with van der Waals surface area (Å²) in [6.45, 7) is 1.00. The molecule has 0 aliphatic carbocycles. The lowest BCUT2D eigenvalue weighted by Crippen LogP contribution is -2.32. The minimum atomic E-state index is 0.627. The van der Waals surface area contributed by atoms with Gasteiger partial charge in [-0.2, -0.15) is 4.40 Å². The van der Waals surface area contributed by atoms with E-state index in [0.29, 0.717) is 5.88 Å². The highest BCUT2D eigenvalue weighted by molar-refractivity contribution is 7.98. The number of methoxy groups -OCH3 is 1. The Morgan fingerprint density at radius 2 is 2.33 bits per heavy atom. The number of fused-ring (bicyclic) bond motifs is 1. The van der Waals surface area contributed by atoms with Crippen molar-refractivity contribution in [2.75, 3.05) is 19.4 Å². The average Bonchev–Trinajstić information content (AvgIpc) is 2.47. The van der Waals surface area contributed by atoms with Gasteiger partial charge in [-0.1, -0.05) is 0 Å². The van der Waals surface area contributed by atoms with Crippen LogP contribution >= 0.6 is 11.9 Å². The highest BCUT2D eigenvalue weighted by Crippen LogP contribution is 2.27. The molecule has 0 saturated heterocycles. The molecular weight excluding hydrogens is 246 g/mol. The van der Waals surface area contributed by atoms with Crippen LogP contribution in [0.3, 0.4) is 0 Å². The van der Waals surface area contributed by atoms with Crippen molar-refractivity contribution in [1.29, 1.82) is 0 Å². The quantitative estimate of drug-likeness (QED) is 0.764. The standard InChI is InChI=1S/C13H13N3OS/c1-17-12-5-4-10(9-14-12)11-3-2-6-16-7-8-18-15-13(11)16/h2-6,9H,7-8H2,1H3. The van der Waals surface area contributed by atoms with E-state index in [1.807, 2.05) is 18.3 Å². The van der Waals surface area contributed by atoms with Crippen LogP contribution in [-0.2, 0) is 0 Å². The lowest BCUT2D eigenvalue weighted by Gasteiger charge is -2.29. The van der Waals surface area contributed by atoms with Gasteiger partial charge in [-0.25, -0.2) is 4.98 Å². The van der Waals surface area contributed by atoms with Gasteiger partial charge >= 0.3 is 0 Å². The van der Waals surface area contributed by atoms with Gasteiger partial charge < -0.3 is 9.64 Å². The van der Waals surface area contributed by atoms with Crippen LogP contribution in [0.1, 0.15) is 5.56 Å². The van der Waals surface area contributed by atoms with Crippen LogP contribution in [0.5, 0.6) is 5.88 Å². The maximum Gasteiger partial charge on any atom is 0.212 e. The predicted octanol–water partition coefficient (Wildman–Crippen LogP) is 2.36. The molecule has 0 atom stereocenters. The number of amidine groups is 1. The van der Waals surface area contributed by atoms with Crippen molar-refractivity contribution in [2.24, 2.45) is 4.40 Å². The Morgan fingerprint density at radius 1 is 1.39 bits per heavy atom. The van der Waals surface area contributed by atoms with E-state index in [0.717, 1.165) is 29.3 Å². The van der Waals surface area contributed by atoms with Gasteiger partial charge in [0.2, 0.25) is 5.88 Å². The van der Waals surface area contributed by atoms with E-state index >= 15 is 0 Å². The Labute approximate surface area is 110 Å². The fraction of sp³-hybridized carbons (Fsp3) is 0.231. The Bertz CT molecular complexity index is 534. The highest BCUT2D eigenvalue weighted by atomic mass is 32.2. The summed E-state index contributed by atoms with van der Waals surface area (Å²) in [6, 6.07) is 3.88. The zero-order chi connectivity index (χ0) is 12.4. The van der Waals surface area contributed by atoms with Gasteiger partial charge in [0.1, 0.15) is 5.84 Å². The molecule has 0 N–H and O–H groups in total. The van der Waals surface area contributed by atoms with Crippen molar-refractivity contribution in [3.05, 3.63) is 42.2 Å². The topological polar surface area (TPSA) is 37.7 Å². The first-order valence-electron chi connectivity index (χ1n) is 5.74. The fourth-order valence-corrected chi connectivity index (χ4v) is 2.65. The molecule has 5 heteroatoms. The molecule has 0 unspecified atom stereocenters. The molecule has 0 saturated carbocycles. The molecule has 1 aromatic heterocycles. The molecule has 92 valence electrons. The summed E-state index contributed by atoms with van der Waals surface area (Å²) >= 11 is 1.61. The molecule has 0 aromatic carbocycles. The van der Waals surface area contributed by atoms with E-state index in [9.17, 15) is 0 Å². The van der Waals surface area contributed by atoms with Gasteiger partial charge in [-0.05, 0) is 30.2 Å². The van der Waals surface area contributed by atoms with Crippen LogP contribution in [0.25, 0.3) is 5.57 Å². The largest absolute Gasteiger partial charge is 0.481 e. The van der Waals surface area contributed by atoms with Gasteiger partial charge in [-0.15, -0.1) is 0 Å². The summed E-state index contributed by atoms with van der Waals surface area (Å²) in [6.07, 6.45) is 8.02. The van der Waals surface area contributed by atoms with Crippen LogP contribution in [-0.4, -0.2) is 35.1 Å². The number of aromatic nitrogens is 1. The van der Waals surface area contributed by atoms with E-state index in [4.69, 9.17) is 4.74 Å². The highest BCUT2D eigenvalue weighted by Gasteiger charge is 2.21. The first-order chi connectivity index (χ1) is 8.88. The SMILES string of the molecule is COc1ccc(C2=CC=CN3CCSN=C23)cn1. The first kappa shape index (κ1) is 11.3. The van der Waals surface area contributed by atoms with Crippen LogP contribution < -0.4 is 4.74 Å². The van der Waals surface area contributed by atoms with Gasteiger partial charge in [0, 0.05) is 41.9 Å². The second kappa shape index (κ2) is 4.86. The van der Waals surface area contributed by atoms with Crippen LogP contribution in [0.15, 0.2) is 41.1 Å². The lowest BCUT2D eigenvalue weighted by molar-refractivity contribution is 0.398. The summed E-state index contributed by atoms with van der Waals surface area (Å²) in [5.74, 6) is 2.67. The summed E-state index contributed by atoms with van der Waals surface area (Å²) in [5.41, 5.74) is 2.17. The molecule has 0 spiro atoms. The first-order valence-corrected chi connectivity index (χ1v) is 6.68. The van der Waals surface area contributed by atoms with E-state index < -0.39 is 0 Å². The molecule has 18 heavy (non-hydrogen) atoms. The van der Waals surface area contributed by atoms with Crippen molar-refractivity contribution >= 4 is 23.4 Å². The maximum absolute atomic E-state index is 5.07. The number of hydrogen-bond acceptors (Lipinski definition) is 5. The monoisotopic (exact) mass is 259 g/mol. The second-order valence-corrected chi connectivity index (χ2v) is 4.80. The number of rotatable bonds is 2. The second-order valence-electron chi connectivity index (χ2n) is 3.95. The smallest absolute Gasteiger partial charge is 0.212 e. The van der Waals surface area contributed by atoms with Gasteiger partial charge in [0.05, 0.1) is 7.11 Å². The van der Waals surface area contributed by atoms with Crippen molar-refractivity contribution in [2.45, 2.75) is 0 Å². The number of pyridine rings is 1. The number of ether oxygens (including phenoxy) is 1. The maximum atomic E-state index is 5.07. The fourth-order valence-electron chi connectivity index (χ4n) is 1.96. The molecule has 0 radical (unpaired) electrons. The molecule has 3 rings (SSSR count). The Kier molecular flexibility index (Phi) is 3.06. The summed E-state index contributed by atoms with van der Waals surface area (Å²) in [7, 11) is 1.62. The molecule has 1 aromatic rings. The summed E-state index contributed by atoms with van der Waals surface area (Å²) in [4.78, 5) is 6.42. The summed E-state index contributed by atoms with van der Waals surface area (Å²) < 4.78 is 9.61. The Hall–Kier alpha value is -1.75.